The monoisotopic (exact) mass is 170 g/mol. The summed E-state index contributed by atoms with van der Waals surface area (Å²) in [6.07, 6.45) is 8.49. The highest BCUT2D eigenvalue weighted by atomic mass is 16.3. The molecule has 0 heterocycles. The number of aliphatic hydroxyl groups is 1. The van der Waals surface area contributed by atoms with E-state index in [2.05, 4.69) is 6.92 Å². The van der Waals surface area contributed by atoms with Crippen LogP contribution in [0.25, 0.3) is 0 Å². The Balaban J connectivity index is 3.31. The predicted octanol–water partition coefficient (Wildman–Crippen LogP) is 2.07. The van der Waals surface area contributed by atoms with Gasteiger partial charge in [0.2, 0.25) is 0 Å². The molecule has 0 aliphatic carbocycles. The van der Waals surface area contributed by atoms with Crippen LogP contribution in [0.15, 0.2) is 12.2 Å². The van der Waals surface area contributed by atoms with Crippen molar-refractivity contribution >= 4 is 6.29 Å². The Morgan fingerprint density at radius 2 is 2.17 bits per heavy atom. The Kier molecular flexibility index (Phi) is 8.02. The fourth-order valence-electron chi connectivity index (χ4n) is 0.991. The molecule has 0 aromatic rings. The Labute approximate surface area is 74.3 Å². The summed E-state index contributed by atoms with van der Waals surface area (Å²) in [7, 11) is 0. The molecule has 0 amide bonds. The van der Waals surface area contributed by atoms with Gasteiger partial charge in [-0.2, -0.15) is 0 Å². The van der Waals surface area contributed by atoms with Gasteiger partial charge in [0.05, 0.1) is 6.10 Å². The van der Waals surface area contributed by atoms with Crippen LogP contribution in [-0.4, -0.2) is 17.5 Å². The number of unbranched alkanes of at least 4 members (excludes halogenated alkanes) is 2. The SMILES string of the molecule is CCCCCC(O)C=CCC=O. The zero-order valence-electron chi connectivity index (χ0n) is 7.70. The molecule has 0 aliphatic rings. The van der Waals surface area contributed by atoms with Crippen LogP contribution in [0.1, 0.15) is 39.0 Å². The lowest BCUT2D eigenvalue weighted by molar-refractivity contribution is -0.107. The van der Waals surface area contributed by atoms with E-state index in [-0.39, 0.29) is 6.10 Å². The molecule has 0 spiro atoms. The van der Waals surface area contributed by atoms with Crippen LogP contribution in [0, 0.1) is 0 Å². The minimum absolute atomic E-state index is 0.364. The molecule has 70 valence electrons. The quantitative estimate of drug-likeness (QED) is 0.361. The highest BCUT2D eigenvalue weighted by molar-refractivity contribution is 5.51. The van der Waals surface area contributed by atoms with Gasteiger partial charge in [0, 0.05) is 6.42 Å². The first-order valence-electron chi connectivity index (χ1n) is 4.59. The zero-order valence-corrected chi connectivity index (χ0v) is 7.70. The van der Waals surface area contributed by atoms with Crippen LogP contribution in [0.5, 0.6) is 0 Å². The van der Waals surface area contributed by atoms with Crippen LogP contribution in [0.4, 0.5) is 0 Å². The van der Waals surface area contributed by atoms with Crippen molar-refractivity contribution in [3.05, 3.63) is 12.2 Å². The molecule has 2 heteroatoms. The van der Waals surface area contributed by atoms with E-state index < -0.39 is 0 Å². The number of aliphatic hydroxyl groups excluding tert-OH is 1. The fraction of sp³-hybridized carbons (Fsp3) is 0.700. The van der Waals surface area contributed by atoms with E-state index in [1.54, 1.807) is 12.2 Å². The summed E-state index contributed by atoms with van der Waals surface area (Å²) in [5, 5.41) is 9.30. The molecule has 1 N–H and O–H groups in total. The summed E-state index contributed by atoms with van der Waals surface area (Å²) in [5.74, 6) is 0. The predicted molar refractivity (Wildman–Crippen MR) is 50.0 cm³/mol. The van der Waals surface area contributed by atoms with Gasteiger partial charge in [-0.15, -0.1) is 0 Å². The van der Waals surface area contributed by atoms with Crippen molar-refractivity contribution in [1.29, 1.82) is 0 Å². The maximum absolute atomic E-state index is 9.91. The molecule has 1 unspecified atom stereocenters. The minimum atomic E-state index is -0.364. The number of carbonyl (C=O) groups is 1. The van der Waals surface area contributed by atoms with Gasteiger partial charge in [-0.3, -0.25) is 0 Å². The van der Waals surface area contributed by atoms with Crippen molar-refractivity contribution in [3.63, 3.8) is 0 Å². The fourth-order valence-corrected chi connectivity index (χ4v) is 0.991. The van der Waals surface area contributed by atoms with E-state index in [1.807, 2.05) is 0 Å². The average molecular weight is 170 g/mol. The van der Waals surface area contributed by atoms with Crippen molar-refractivity contribution < 1.29 is 9.90 Å². The van der Waals surface area contributed by atoms with Crippen molar-refractivity contribution in [2.24, 2.45) is 0 Å². The molecular weight excluding hydrogens is 152 g/mol. The number of hydrogen-bond donors (Lipinski definition) is 1. The molecule has 2 nitrogen and oxygen atoms in total. The molecule has 0 fully saturated rings. The third-order valence-electron chi connectivity index (χ3n) is 1.69. The van der Waals surface area contributed by atoms with Gasteiger partial charge < -0.3 is 9.90 Å². The first kappa shape index (κ1) is 11.4. The smallest absolute Gasteiger partial charge is 0.123 e. The number of hydrogen-bond acceptors (Lipinski definition) is 2. The lowest BCUT2D eigenvalue weighted by Crippen LogP contribution is -2.01. The maximum atomic E-state index is 9.91. The Morgan fingerprint density at radius 3 is 2.75 bits per heavy atom. The topological polar surface area (TPSA) is 37.3 Å². The third-order valence-corrected chi connectivity index (χ3v) is 1.69. The number of rotatable bonds is 7. The minimum Gasteiger partial charge on any atom is -0.389 e. The summed E-state index contributed by atoms with van der Waals surface area (Å²) in [6, 6.07) is 0. The second kappa shape index (κ2) is 8.47. The standard InChI is InChI=1S/C10H18O2/c1-2-3-4-7-10(12)8-5-6-9-11/h5,8-10,12H,2-4,6-7H2,1H3. The summed E-state index contributed by atoms with van der Waals surface area (Å²) in [5.41, 5.74) is 0. The molecule has 0 saturated carbocycles. The van der Waals surface area contributed by atoms with Crippen LogP contribution < -0.4 is 0 Å². The van der Waals surface area contributed by atoms with Crippen molar-refractivity contribution in [2.75, 3.05) is 0 Å². The zero-order chi connectivity index (χ0) is 9.23. The highest BCUT2D eigenvalue weighted by Crippen LogP contribution is 2.04. The average Bonchev–Trinajstić information content (AvgIpc) is 2.06. The van der Waals surface area contributed by atoms with E-state index in [4.69, 9.17) is 0 Å². The first-order valence-corrected chi connectivity index (χ1v) is 4.59. The van der Waals surface area contributed by atoms with Crippen molar-refractivity contribution in [2.45, 2.75) is 45.1 Å². The second-order valence-electron chi connectivity index (χ2n) is 2.89. The molecule has 0 bridgehead atoms. The molecule has 0 saturated heterocycles. The highest BCUT2D eigenvalue weighted by Gasteiger charge is 1.96. The molecule has 0 aromatic carbocycles. The van der Waals surface area contributed by atoms with Crippen LogP contribution >= 0.6 is 0 Å². The molecule has 0 aliphatic heterocycles. The molecule has 1 atom stereocenters. The van der Waals surface area contributed by atoms with E-state index in [1.165, 1.54) is 12.8 Å². The molecule has 0 radical (unpaired) electrons. The van der Waals surface area contributed by atoms with Gasteiger partial charge in [0.15, 0.2) is 0 Å². The van der Waals surface area contributed by atoms with Gasteiger partial charge >= 0.3 is 0 Å². The van der Waals surface area contributed by atoms with Crippen LogP contribution in [-0.2, 0) is 4.79 Å². The maximum Gasteiger partial charge on any atom is 0.123 e. The van der Waals surface area contributed by atoms with Crippen molar-refractivity contribution in [1.82, 2.24) is 0 Å². The van der Waals surface area contributed by atoms with E-state index in [0.29, 0.717) is 6.42 Å². The van der Waals surface area contributed by atoms with Gasteiger partial charge in [-0.25, -0.2) is 0 Å². The Bertz CT molecular complexity index is 130. The lowest BCUT2D eigenvalue weighted by Gasteiger charge is -2.03. The summed E-state index contributed by atoms with van der Waals surface area (Å²) < 4.78 is 0. The van der Waals surface area contributed by atoms with Gasteiger partial charge in [0.25, 0.3) is 0 Å². The summed E-state index contributed by atoms with van der Waals surface area (Å²) in [4.78, 5) is 9.91. The van der Waals surface area contributed by atoms with Gasteiger partial charge in [-0.05, 0) is 6.42 Å². The molecular formula is C10H18O2. The Morgan fingerprint density at radius 1 is 1.42 bits per heavy atom. The van der Waals surface area contributed by atoms with E-state index in [9.17, 15) is 9.90 Å². The van der Waals surface area contributed by atoms with E-state index in [0.717, 1.165) is 19.1 Å². The van der Waals surface area contributed by atoms with Gasteiger partial charge in [-0.1, -0.05) is 38.3 Å². The first-order chi connectivity index (χ1) is 5.81. The van der Waals surface area contributed by atoms with E-state index >= 15 is 0 Å². The molecule has 0 aromatic heterocycles. The Hall–Kier alpha value is -0.630. The summed E-state index contributed by atoms with van der Waals surface area (Å²) >= 11 is 0. The van der Waals surface area contributed by atoms with Crippen molar-refractivity contribution in [3.8, 4) is 0 Å². The number of aldehydes is 1. The number of carbonyl (C=O) groups excluding carboxylic acids is 1. The lowest BCUT2D eigenvalue weighted by atomic mass is 10.1. The van der Waals surface area contributed by atoms with Crippen LogP contribution in [0.3, 0.4) is 0 Å². The normalized spacial score (nSPS) is 13.5. The summed E-state index contributed by atoms with van der Waals surface area (Å²) in [6.45, 7) is 2.13. The second-order valence-corrected chi connectivity index (χ2v) is 2.89. The molecule has 0 rings (SSSR count). The third kappa shape index (κ3) is 7.48. The van der Waals surface area contributed by atoms with Crippen LogP contribution in [0.2, 0.25) is 0 Å². The van der Waals surface area contributed by atoms with Gasteiger partial charge in [0.1, 0.15) is 6.29 Å². The number of allylic oxidation sites excluding steroid dienone is 1. The molecule has 12 heavy (non-hydrogen) atoms. The largest absolute Gasteiger partial charge is 0.389 e.